The lowest BCUT2D eigenvalue weighted by Gasteiger charge is -2.41. The molecule has 0 unspecified atom stereocenters. The number of amides is 1. The Labute approximate surface area is 94.7 Å². The number of hydrogen-bond donors (Lipinski definition) is 1. The molecule has 1 amide bonds. The van der Waals surface area contributed by atoms with Crippen molar-refractivity contribution in [3.8, 4) is 0 Å². The zero-order valence-electron chi connectivity index (χ0n) is 9.31. The van der Waals surface area contributed by atoms with Gasteiger partial charge in [-0.2, -0.15) is 0 Å². The van der Waals surface area contributed by atoms with Crippen LogP contribution < -0.4 is 4.90 Å². The molecule has 0 saturated carbocycles. The first-order valence-electron chi connectivity index (χ1n) is 5.72. The molecule has 1 fully saturated rings. The Morgan fingerprint density at radius 3 is 3.00 bits per heavy atom. The lowest BCUT2D eigenvalue weighted by Crippen LogP contribution is -2.56. The van der Waals surface area contributed by atoms with Crippen LogP contribution in [0.25, 0.3) is 0 Å². The topological polar surface area (TPSA) is 40.5 Å². The highest BCUT2D eigenvalue weighted by Crippen LogP contribution is 2.41. The predicted molar refractivity (Wildman–Crippen MR) is 61.3 cm³/mol. The van der Waals surface area contributed by atoms with E-state index in [1.54, 1.807) is 4.90 Å². The molecule has 3 nitrogen and oxygen atoms in total. The Morgan fingerprint density at radius 2 is 2.19 bits per heavy atom. The fraction of sp³-hybridized carbons (Fsp3) is 0.462. The number of anilines is 1. The molecule has 0 aromatic heterocycles. The third-order valence-corrected chi connectivity index (χ3v) is 3.81. The number of carbonyl (C=O) groups excluding carboxylic acids is 1. The average molecular weight is 217 g/mol. The van der Waals surface area contributed by atoms with Crippen LogP contribution in [-0.4, -0.2) is 22.7 Å². The number of hydrogen-bond acceptors (Lipinski definition) is 2. The summed E-state index contributed by atoms with van der Waals surface area (Å²) in [5.41, 5.74) is 1.40. The molecule has 1 aromatic rings. The van der Waals surface area contributed by atoms with E-state index in [2.05, 4.69) is 0 Å². The number of piperidine rings is 1. The molecule has 16 heavy (non-hydrogen) atoms. The van der Waals surface area contributed by atoms with Crippen molar-refractivity contribution >= 4 is 11.6 Å². The van der Waals surface area contributed by atoms with Gasteiger partial charge < -0.3 is 10.0 Å². The molecular formula is C13H15NO2. The molecule has 1 N–H and O–H groups in total. The van der Waals surface area contributed by atoms with Crippen LogP contribution in [0.2, 0.25) is 0 Å². The molecule has 2 heterocycles. The minimum atomic E-state index is -0.757. The van der Waals surface area contributed by atoms with Gasteiger partial charge >= 0.3 is 0 Å². The number of para-hydroxylation sites is 1. The number of benzene rings is 1. The van der Waals surface area contributed by atoms with Gasteiger partial charge in [-0.25, -0.2) is 0 Å². The van der Waals surface area contributed by atoms with Gasteiger partial charge in [-0.15, -0.1) is 0 Å². The molecule has 1 saturated heterocycles. The maximum atomic E-state index is 11.9. The van der Waals surface area contributed by atoms with Crippen LogP contribution in [-0.2, 0) is 11.2 Å². The van der Waals surface area contributed by atoms with Crippen molar-refractivity contribution < 1.29 is 9.90 Å². The van der Waals surface area contributed by atoms with Crippen molar-refractivity contribution in [3.63, 3.8) is 0 Å². The minimum Gasteiger partial charge on any atom is -0.388 e. The SMILES string of the molecule is C[C@@]1(O)CCC(=O)N2c3ccccc3C[C@H]21. The van der Waals surface area contributed by atoms with Crippen LogP contribution in [0.5, 0.6) is 0 Å². The van der Waals surface area contributed by atoms with Gasteiger partial charge in [0.2, 0.25) is 5.91 Å². The third kappa shape index (κ3) is 1.21. The number of aliphatic hydroxyl groups is 1. The first kappa shape index (κ1) is 9.85. The highest BCUT2D eigenvalue weighted by Gasteiger charge is 2.47. The van der Waals surface area contributed by atoms with E-state index < -0.39 is 5.60 Å². The quantitative estimate of drug-likeness (QED) is 0.715. The van der Waals surface area contributed by atoms with Crippen molar-refractivity contribution in [1.29, 1.82) is 0 Å². The Hall–Kier alpha value is -1.35. The summed E-state index contributed by atoms with van der Waals surface area (Å²) in [7, 11) is 0. The summed E-state index contributed by atoms with van der Waals surface area (Å²) in [5.74, 6) is 0.140. The molecule has 84 valence electrons. The van der Waals surface area contributed by atoms with Gasteiger partial charge in [0, 0.05) is 12.1 Å². The fourth-order valence-electron chi connectivity index (χ4n) is 2.84. The number of fused-ring (bicyclic) bond motifs is 3. The van der Waals surface area contributed by atoms with Crippen molar-refractivity contribution in [2.24, 2.45) is 0 Å². The first-order chi connectivity index (χ1) is 7.59. The lowest BCUT2D eigenvalue weighted by molar-refractivity contribution is -0.125. The second-order valence-corrected chi connectivity index (χ2v) is 4.97. The highest BCUT2D eigenvalue weighted by molar-refractivity contribution is 5.97. The predicted octanol–water partition coefficient (Wildman–Crippen LogP) is 1.49. The molecule has 3 heteroatoms. The molecule has 2 aliphatic heterocycles. The van der Waals surface area contributed by atoms with Gasteiger partial charge in [0.25, 0.3) is 0 Å². The number of rotatable bonds is 0. The van der Waals surface area contributed by atoms with E-state index in [1.165, 1.54) is 5.56 Å². The summed E-state index contributed by atoms with van der Waals surface area (Å²) >= 11 is 0. The van der Waals surface area contributed by atoms with E-state index in [0.29, 0.717) is 12.8 Å². The van der Waals surface area contributed by atoms with Crippen LogP contribution in [0, 0.1) is 0 Å². The van der Waals surface area contributed by atoms with E-state index >= 15 is 0 Å². The van der Waals surface area contributed by atoms with Gasteiger partial charge in [0.05, 0.1) is 11.6 Å². The van der Waals surface area contributed by atoms with Gasteiger partial charge in [0.15, 0.2) is 0 Å². The maximum Gasteiger partial charge on any atom is 0.227 e. The Morgan fingerprint density at radius 1 is 1.44 bits per heavy atom. The maximum absolute atomic E-state index is 11.9. The Bertz CT molecular complexity index is 453. The lowest BCUT2D eigenvalue weighted by atomic mass is 9.85. The third-order valence-electron chi connectivity index (χ3n) is 3.81. The van der Waals surface area contributed by atoms with Crippen molar-refractivity contribution in [1.82, 2.24) is 0 Å². The second kappa shape index (κ2) is 3.08. The summed E-state index contributed by atoms with van der Waals surface area (Å²) < 4.78 is 0. The molecule has 2 atom stereocenters. The van der Waals surface area contributed by atoms with E-state index in [-0.39, 0.29) is 11.9 Å². The van der Waals surface area contributed by atoms with Gasteiger partial charge in [0.1, 0.15) is 0 Å². The summed E-state index contributed by atoms with van der Waals surface area (Å²) in [6.45, 7) is 1.84. The summed E-state index contributed by atoms with van der Waals surface area (Å²) in [5, 5.41) is 10.3. The number of nitrogens with zero attached hydrogens (tertiary/aromatic N) is 1. The smallest absolute Gasteiger partial charge is 0.227 e. The zero-order chi connectivity index (χ0) is 11.3. The molecule has 0 aliphatic carbocycles. The largest absolute Gasteiger partial charge is 0.388 e. The van der Waals surface area contributed by atoms with Gasteiger partial charge in [-0.05, 0) is 31.4 Å². The summed E-state index contributed by atoms with van der Waals surface area (Å²) in [6, 6.07) is 7.85. The van der Waals surface area contributed by atoms with Gasteiger partial charge in [-0.3, -0.25) is 4.79 Å². The van der Waals surface area contributed by atoms with Crippen LogP contribution in [0.15, 0.2) is 24.3 Å². The molecular weight excluding hydrogens is 202 g/mol. The normalized spacial score (nSPS) is 32.5. The van der Waals surface area contributed by atoms with Crippen LogP contribution in [0.3, 0.4) is 0 Å². The fourth-order valence-corrected chi connectivity index (χ4v) is 2.84. The minimum absolute atomic E-state index is 0.0776. The molecule has 3 rings (SSSR count). The zero-order valence-corrected chi connectivity index (χ0v) is 9.31. The molecule has 0 bridgehead atoms. The molecule has 0 spiro atoms. The summed E-state index contributed by atoms with van der Waals surface area (Å²) in [6.07, 6.45) is 1.79. The highest BCUT2D eigenvalue weighted by atomic mass is 16.3. The van der Waals surface area contributed by atoms with Crippen LogP contribution in [0.1, 0.15) is 25.3 Å². The molecule has 0 radical (unpaired) electrons. The average Bonchev–Trinajstić information content (AvgIpc) is 2.65. The van der Waals surface area contributed by atoms with E-state index in [0.717, 1.165) is 12.1 Å². The summed E-state index contributed by atoms with van der Waals surface area (Å²) in [4.78, 5) is 13.7. The van der Waals surface area contributed by atoms with E-state index in [1.807, 2.05) is 31.2 Å². The van der Waals surface area contributed by atoms with Crippen molar-refractivity contribution in [3.05, 3.63) is 29.8 Å². The first-order valence-corrected chi connectivity index (χ1v) is 5.72. The van der Waals surface area contributed by atoms with Crippen LogP contribution in [0.4, 0.5) is 5.69 Å². The van der Waals surface area contributed by atoms with Crippen molar-refractivity contribution in [2.45, 2.75) is 37.8 Å². The number of carbonyl (C=O) groups is 1. The van der Waals surface area contributed by atoms with E-state index in [4.69, 9.17) is 0 Å². The Kier molecular flexibility index (Phi) is 1.89. The van der Waals surface area contributed by atoms with Crippen LogP contribution >= 0.6 is 0 Å². The molecule has 2 aliphatic rings. The van der Waals surface area contributed by atoms with E-state index in [9.17, 15) is 9.90 Å². The molecule has 1 aromatic carbocycles. The second-order valence-electron chi connectivity index (χ2n) is 4.97. The van der Waals surface area contributed by atoms with Crippen molar-refractivity contribution in [2.75, 3.05) is 4.90 Å². The standard InChI is InChI=1S/C13H15NO2/c1-13(16)7-6-12(15)14-10-5-3-2-4-9(10)8-11(13)14/h2-5,11,16H,6-8H2,1H3/t11-,13+/m0/s1. The Balaban J connectivity index is 2.09. The van der Waals surface area contributed by atoms with Gasteiger partial charge in [-0.1, -0.05) is 18.2 Å². The monoisotopic (exact) mass is 217 g/mol.